The van der Waals surface area contributed by atoms with Crippen LogP contribution in [-0.4, -0.2) is 114 Å². The number of aliphatic hydroxyl groups excluding tert-OH is 1. The maximum Gasteiger partial charge on any atom is 0.306 e. The van der Waals surface area contributed by atoms with Gasteiger partial charge in [0.1, 0.15) is 30.5 Å². The molecule has 44 heavy (non-hydrogen) atoms. The van der Waals surface area contributed by atoms with Crippen LogP contribution in [0.25, 0.3) is 0 Å². The van der Waals surface area contributed by atoms with Gasteiger partial charge in [-0.05, 0) is 38.5 Å². The van der Waals surface area contributed by atoms with Crippen LogP contribution in [0.3, 0.4) is 0 Å². The largest absolute Gasteiger partial charge is 0.457 e. The highest BCUT2D eigenvalue weighted by Gasteiger charge is 2.51. The first-order chi connectivity index (χ1) is 21.4. The zero-order valence-corrected chi connectivity index (χ0v) is 30.0. The summed E-state index contributed by atoms with van der Waals surface area (Å²) in [5.74, 6) is -0.641. The Kier molecular flexibility index (Phi) is 18.6. The molecule has 0 aromatic heterocycles. The van der Waals surface area contributed by atoms with Crippen molar-refractivity contribution < 1.29 is 52.6 Å². The van der Waals surface area contributed by atoms with Gasteiger partial charge in [0.15, 0.2) is 18.3 Å². The Morgan fingerprint density at radius 1 is 0.500 bits per heavy atom. The Morgan fingerprint density at radius 3 is 1.18 bits per heavy atom. The fourth-order valence-electron chi connectivity index (χ4n) is 5.48. The Balaban J connectivity index is 0.000000257. The number of hydrogen-bond donors (Lipinski definition) is 1. The van der Waals surface area contributed by atoms with Gasteiger partial charge in [0.05, 0.1) is 26.4 Å². The molecule has 11 nitrogen and oxygen atoms in total. The third kappa shape index (κ3) is 12.7. The number of rotatable bonds is 18. The van der Waals surface area contributed by atoms with E-state index in [1.165, 1.54) is 0 Å². The lowest BCUT2D eigenvalue weighted by Crippen LogP contribution is -2.35. The van der Waals surface area contributed by atoms with Gasteiger partial charge in [0.2, 0.25) is 0 Å². The number of unbranched alkanes of at least 4 members (excludes halogenated alkanes) is 6. The number of carbonyl (C=O) groups is 3. The molecule has 1 N–H and O–H groups in total. The summed E-state index contributed by atoms with van der Waals surface area (Å²) in [6, 6.07) is 0. The fraction of sp³-hybridized carbons (Fsp3) is 0.900. The molecule has 4 aliphatic rings. The maximum absolute atomic E-state index is 11.9. The van der Waals surface area contributed by atoms with Gasteiger partial charge in [-0.1, -0.05) is 67.1 Å². The van der Waals surface area contributed by atoms with Gasteiger partial charge in [-0.3, -0.25) is 14.4 Å². The van der Waals surface area contributed by atoms with Crippen molar-refractivity contribution in [3.05, 3.63) is 0 Å². The first kappa shape index (κ1) is 38.1. The Morgan fingerprint density at radius 2 is 0.818 bits per heavy atom. The standard InChI is InChI=1S/C18H28Br2O6.C12H19BrO5/c19-9-5-1-3-7-15(21)25-13-11-23-18-14(12-24-17(13)18)26-16(22)8-4-2-6-10-20;13-5-3-1-2-4-10(15)18-9-7-17-11-8(14)6-16-12(9)11/h13-14,17-18H,1-12H2;8-9,11-12,14H,1-7H2/t13-,14-,17-,18-;8-,9-,11-,12-/m11/s1. The molecule has 254 valence electrons. The summed E-state index contributed by atoms with van der Waals surface area (Å²) in [6.45, 7) is 1.16. The number of fused-ring (bicyclic) bond motifs is 2. The second kappa shape index (κ2) is 21.5. The summed E-state index contributed by atoms with van der Waals surface area (Å²) in [4.78, 5) is 35.5. The Labute approximate surface area is 285 Å². The van der Waals surface area contributed by atoms with Gasteiger partial charge in [0, 0.05) is 35.3 Å². The molecule has 4 saturated heterocycles. The molecular weight excluding hydrogens is 776 g/mol. The van der Waals surface area contributed by atoms with E-state index in [1.807, 2.05) is 0 Å². The minimum atomic E-state index is -0.599. The van der Waals surface area contributed by atoms with Crippen LogP contribution in [-0.2, 0) is 47.5 Å². The highest BCUT2D eigenvalue weighted by atomic mass is 79.9. The summed E-state index contributed by atoms with van der Waals surface area (Å²) >= 11 is 10.1. The summed E-state index contributed by atoms with van der Waals surface area (Å²) in [5, 5.41) is 12.4. The second-order valence-electron chi connectivity index (χ2n) is 11.3. The van der Waals surface area contributed by atoms with E-state index in [2.05, 4.69) is 47.8 Å². The van der Waals surface area contributed by atoms with Crippen LogP contribution in [0.2, 0.25) is 0 Å². The summed E-state index contributed by atoms with van der Waals surface area (Å²) in [7, 11) is 0. The van der Waals surface area contributed by atoms with Crippen molar-refractivity contribution >= 4 is 65.7 Å². The highest BCUT2D eigenvalue weighted by Crippen LogP contribution is 2.31. The lowest BCUT2D eigenvalue weighted by Gasteiger charge is -2.17. The lowest BCUT2D eigenvalue weighted by atomic mass is 10.1. The number of ether oxygens (including phenoxy) is 7. The number of halogens is 3. The molecule has 0 unspecified atom stereocenters. The van der Waals surface area contributed by atoms with E-state index in [0.29, 0.717) is 39.1 Å². The van der Waals surface area contributed by atoms with E-state index in [4.69, 9.17) is 33.2 Å². The van der Waals surface area contributed by atoms with Gasteiger partial charge < -0.3 is 38.3 Å². The molecule has 0 bridgehead atoms. The predicted octanol–water partition coefficient (Wildman–Crippen LogP) is 4.53. The van der Waals surface area contributed by atoms with Crippen molar-refractivity contribution in [2.75, 3.05) is 42.4 Å². The molecule has 0 aromatic rings. The molecular formula is C30H47Br3O11. The van der Waals surface area contributed by atoms with Crippen molar-refractivity contribution in [2.45, 2.75) is 126 Å². The van der Waals surface area contributed by atoms with E-state index in [-0.39, 0.29) is 55.0 Å². The molecule has 4 rings (SSSR count). The first-order valence-electron chi connectivity index (χ1n) is 15.8. The highest BCUT2D eigenvalue weighted by molar-refractivity contribution is 9.09. The topological polar surface area (TPSA) is 136 Å². The van der Waals surface area contributed by atoms with Crippen molar-refractivity contribution in [3.63, 3.8) is 0 Å². The number of hydrogen-bond acceptors (Lipinski definition) is 11. The summed E-state index contributed by atoms with van der Waals surface area (Å²) in [5.41, 5.74) is 0. The summed E-state index contributed by atoms with van der Waals surface area (Å²) in [6.07, 6.45) is 6.82. The Bertz CT molecular complexity index is 826. The van der Waals surface area contributed by atoms with Crippen molar-refractivity contribution in [3.8, 4) is 0 Å². The van der Waals surface area contributed by atoms with Crippen LogP contribution in [0.1, 0.15) is 77.0 Å². The summed E-state index contributed by atoms with van der Waals surface area (Å²) < 4.78 is 38.5. The van der Waals surface area contributed by atoms with E-state index >= 15 is 0 Å². The molecule has 0 aliphatic carbocycles. The van der Waals surface area contributed by atoms with Crippen LogP contribution in [0.5, 0.6) is 0 Å². The van der Waals surface area contributed by atoms with E-state index in [1.54, 1.807) is 0 Å². The van der Waals surface area contributed by atoms with Gasteiger partial charge in [-0.25, -0.2) is 0 Å². The first-order valence-corrected chi connectivity index (χ1v) is 19.1. The number of alkyl halides is 3. The molecule has 4 aliphatic heterocycles. The van der Waals surface area contributed by atoms with Crippen molar-refractivity contribution in [1.82, 2.24) is 0 Å². The lowest BCUT2D eigenvalue weighted by molar-refractivity contribution is -0.156. The maximum atomic E-state index is 11.9. The van der Waals surface area contributed by atoms with Crippen LogP contribution in [0, 0.1) is 0 Å². The molecule has 0 amide bonds. The van der Waals surface area contributed by atoms with Gasteiger partial charge in [-0.2, -0.15) is 0 Å². The monoisotopic (exact) mass is 820 g/mol. The predicted molar refractivity (Wildman–Crippen MR) is 171 cm³/mol. The van der Waals surface area contributed by atoms with E-state index in [0.717, 1.165) is 73.8 Å². The minimum absolute atomic E-state index is 0.205. The van der Waals surface area contributed by atoms with E-state index in [9.17, 15) is 19.5 Å². The van der Waals surface area contributed by atoms with Crippen LogP contribution < -0.4 is 0 Å². The molecule has 0 saturated carbocycles. The van der Waals surface area contributed by atoms with Crippen LogP contribution in [0.15, 0.2) is 0 Å². The average molecular weight is 823 g/mol. The van der Waals surface area contributed by atoms with Gasteiger partial charge >= 0.3 is 17.9 Å². The minimum Gasteiger partial charge on any atom is -0.457 e. The van der Waals surface area contributed by atoms with Crippen LogP contribution in [0.4, 0.5) is 0 Å². The molecule has 8 atom stereocenters. The molecule has 0 aromatic carbocycles. The quantitative estimate of drug-likeness (QED) is 0.0905. The normalized spacial score (nSPS) is 30.3. The average Bonchev–Trinajstić information content (AvgIpc) is 3.78. The second-order valence-corrected chi connectivity index (χ2v) is 13.7. The number of esters is 3. The number of aliphatic hydroxyl groups is 1. The molecule has 14 heteroatoms. The van der Waals surface area contributed by atoms with Crippen LogP contribution >= 0.6 is 47.8 Å². The van der Waals surface area contributed by atoms with E-state index < -0.39 is 18.3 Å². The molecule has 0 spiro atoms. The zero-order valence-electron chi connectivity index (χ0n) is 25.2. The van der Waals surface area contributed by atoms with Crippen molar-refractivity contribution in [2.24, 2.45) is 0 Å². The van der Waals surface area contributed by atoms with Gasteiger partial charge in [0.25, 0.3) is 0 Å². The SMILES string of the molecule is O=C(CCCCCBr)O[C@@H]1CO[C@H]2[C@@H]1OC[C@H]2O.O=C(CCCCCBr)O[C@@H]1CO[C@H]2[C@@H]1OC[C@H]2OC(=O)CCCCCBr. The third-order valence-electron chi connectivity index (χ3n) is 7.84. The van der Waals surface area contributed by atoms with Gasteiger partial charge in [-0.15, -0.1) is 0 Å². The molecule has 4 heterocycles. The van der Waals surface area contributed by atoms with Crippen molar-refractivity contribution in [1.29, 1.82) is 0 Å². The fourth-order valence-corrected chi connectivity index (χ4v) is 6.67. The Hall–Kier alpha value is -0.350. The smallest absolute Gasteiger partial charge is 0.306 e. The third-order valence-corrected chi connectivity index (χ3v) is 9.52. The zero-order chi connectivity index (χ0) is 31.7. The number of carbonyl (C=O) groups excluding carboxylic acids is 3. The molecule has 0 radical (unpaired) electrons. The molecule has 4 fully saturated rings.